The first-order chi connectivity index (χ1) is 12.9. The lowest BCUT2D eigenvalue weighted by atomic mass is 10.1. The highest BCUT2D eigenvalue weighted by Gasteiger charge is 2.32. The lowest BCUT2D eigenvalue weighted by Crippen LogP contribution is -3.15. The molecule has 1 aromatic carbocycles. The van der Waals surface area contributed by atoms with E-state index in [9.17, 15) is 18.0 Å². The van der Waals surface area contributed by atoms with Crippen LogP contribution in [0.25, 0.3) is 0 Å². The molecule has 3 amide bonds. The number of benzene rings is 1. The predicted molar refractivity (Wildman–Crippen MR) is 107 cm³/mol. The third kappa shape index (κ3) is 6.31. The Bertz CT molecular complexity index is 847. The largest absolute Gasteiger partial charge is 0.333 e. The summed E-state index contributed by atoms with van der Waals surface area (Å²) in [7, 11) is -3.77. The summed E-state index contributed by atoms with van der Waals surface area (Å²) in [6.07, 6.45) is 0. The molecule has 0 saturated carbocycles. The van der Waals surface area contributed by atoms with Gasteiger partial charge >= 0.3 is 6.03 Å². The van der Waals surface area contributed by atoms with Crippen LogP contribution in [0.15, 0.2) is 23.1 Å². The van der Waals surface area contributed by atoms with E-state index in [1.54, 1.807) is 0 Å². The summed E-state index contributed by atoms with van der Waals surface area (Å²) in [6.45, 7) is 6.88. The van der Waals surface area contributed by atoms with Gasteiger partial charge in [0.2, 0.25) is 10.0 Å². The number of quaternary nitrogens is 1. The Balaban J connectivity index is 1.91. The Morgan fingerprint density at radius 1 is 1.18 bits per heavy atom. The standard InChI is InChI=1S/C17H24Cl2N4O4S/c1-17(2,3)21-16(25)20-15(24)11-22-6-8-23(9-7-22)28(26,27)14-10-12(18)4-5-13(14)19/h4-5,10H,6-9,11H2,1-3H3,(H2,20,21,24,25)/p+1. The van der Waals surface area contributed by atoms with Gasteiger partial charge in [-0.2, -0.15) is 4.31 Å². The van der Waals surface area contributed by atoms with Crippen molar-refractivity contribution >= 4 is 45.2 Å². The SMILES string of the molecule is CC(C)(C)NC(=O)NC(=O)C[NH+]1CCN(S(=O)(=O)c2cc(Cl)ccc2Cl)CC1. The fraction of sp³-hybridized carbons (Fsp3) is 0.529. The van der Waals surface area contributed by atoms with Gasteiger partial charge < -0.3 is 10.2 Å². The van der Waals surface area contributed by atoms with E-state index in [1.165, 1.54) is 22.5 Å². The highest BCUT2D eigenvalue weighted by molar-refractivity contribution is 7.89. The lowest BCUT2D eigenvalue weighted by Gasteiger charge is -2.31. The molecule has 1 aromatic rings. The van der Waals surface area contributed by atoms with Crippen LogP contribution in [0.3, 0.4) is 0 Å². The summed E-state index contributed by atoms with van der Waals surface area (Å²) >= 11 is 11.9. The van der Waals surface area contributed by atoms with Gasteiger partial charge in [0.25, 0.3) is 5.91 Å². The molecule has 1 saturated heterocycles. The topological polar surface area (TPSA) is 100 Å². The Morgan fingerprint density at radius 3 is 2.36 bits per heavy atom. The summed E-state index contributed by atoms with van der Waals surface area (Å²) in [5.74, 6) is -0.411. The summed E-state index contributed by atoms with van der Waals surface area (Å²) in [5, 5.41) is 5.35. The number of rotatable bonds is 4. The van der Waals surface area contributed by atoms with Crippen LogP contribution in [-0.2, 0) is 14.8 Å². The molecule has 11 heteroatoms. The van der Waals surface area contributed by atoms with Gasteiger partial charge in [-0.1, -0.05) is 23.2 Å². The number of carbonyl (C=O) groups is 2. The molecule has 0 aliphatic carbocycles. The first kappa shape index (κ1) is 22.9. The fourth-order valence-electron chi connectivity index (χ4n) is 2.80. The predicted octanol–water partition coefficient (Wildman–Crippen LogP) is 0.507. The first-order valence-corrected chi connectivity index (χ1v) is 11.0. The third-order valence-corrected chi connectivity index (χ3v) is 6.71. The highest BCUT2D eigenvalue weighted by Crippen LogP contribution is 2.27. The molecule has 3 N–H and O–H groups in total. The lowest BCUT2D eigenvalue weighted by molar-refractivity contribution is -0.895. The molecule has 1 fully saturated rings. The van der Waals surface area contributed by atoms with Crippen molar-refractivity contribution in [1.29, 1.82) is 0 Å². The zero-order chi connectivity index (χ0) is 21.1. The van der Waals surface area contributed by atoms with Gasteiger partial charge in [0.15, 0.2) is 6.54 Å². The molecule has 0 bridgehead atoms. The van der Waals surface area contributed by atoms with E-state index in [1.807, 2.05) is 20.8 Å². The van der Waals surface area contributed by atoms with Crippen molar-refractivity contribution in [3.8, 4) is 0 Å². The Morgan fingerprint density at radius 2 is 1.79 bits per heavy atom. The van der Waals surface area contributed by atoms with Gasteiger partial charge in [-0.05, 0) is 39.0 Å². The van der Waals surface area contributed by atoms with E-state index in [2.05, 4.69) is 10.6 Å². The van der Waals surface area contributed by atoms with Crippen molar-refractivity contribution in [2.75, 3.05) is 32.7 Å². The van der Waals surface area contributed by atoms with E-state index < -0.39 is 27.5 Å². The molecular formula is C17H25Cl2N4O4S+. The van der Waals surface area contributed by atoms with Crippen LogP contribution in [0.2, 0.25) is 10.0 Å². The van der Waals surface area contributed by atoms with Crippen LogP contribution in [0.4, 0.5) is 4.79 Å². The number of amides is 3. The molecule has 1 aliphatic rings. The number of urea groups is 1. The third-order valence-electron chi connectivity index (χ3n) is 4.09. The Labute approximate surface area is 175 Å². The molecule has 2 rings (SSSR count). The number of hydrogen-bond donors (Lipinski definition) is 3. The average Bonchev–Trinajstić information content (AvgIpc) is 2.55. The molecule has 0 radical (unpaired) electrons. The van der Waals surface area contributed by atoms with Crippen LogP contribution in [0.1, 0.15) is 20.8 Å². The van der Waals surface area contributed by atoms with Crippen molar-refractivity contribution in [3.05, 3.63) is 28.2 Å². The van der Waals surface area contributed by atoms with Crippen molar-refractivity contribution < 1.29 is 22.9 Å². The fourth-order valence-corrected chi connectivity index (χ4v) is 4.98. The van der Waals surface area contributed by atoms with Crippen LogP contribution in [0, 0.1) is 0 Å². The zero-order valence-corrected chi connectivity index (χ0v) is 18.3. The molecule has 156 valence electrons. The normalized spacial score (nSPS) is 16.6. The van der Waals surface area contributed by atoms with E-state index in [0.717, 1.165) is 4.90 Å². The second-order valence-electron chi connectivity index (χ2n) is 7.66. The number of imide groups is 1. The quantitative estimate of drug-likeness (QED) is 0.620. The molecule has 28 heavy (non-hydrogen) atoms. The zero-order valence-electron chi connectivity index (χ0n) is 16.0. The molecule has 0 aromatic heterocycles. The smallest absolute Gasteiger partial charge is 0.322 e. The van der Waals surface area contributed by atoms with Gasteiger partial charge in [0.1, 0.15) is 4.90 Å². The monoisotopic (exact) mass is 451 g/mol. The second kappa shape index (κ2) is 8.96. The van der Waals surface area contributed by atoms with E-state index in [4.69, 9.17) is 23.2 Å². The van der Waals surface area contributed by atoms with Gasteiger partial charge in [0, 0.05) is 10.6 Å². The Hall–Kier alpha value is -1.39. The van der Waals surface area contributed by atoms with Crippen molar-refractivity contribution in [1.82, 2.24) is 14.9 Å². The molecule has 1 aliphatic heterocycles. The van der Waals surface area contributed by atoms with Crippen molar-refractivity contribution in [2.24, 2.45) is 0 Å². The van der Waals surface area contributed by atoms with Crippen LogP contribution >= 0.6 is 23.2 Å². The summed E-state index contributed by atoms with van der Waals surface area (Å²) in [4.78, 5) is 24.6. The van der Waals surface area contributed by atoms with Crippen molar-refractivity contribution in [3.63, 3.8) is 0 Å². The van der Waals surface area contributed by atoms with Crippen LogP contribution in [-0.4, -0.2) is 62.9 Å². The van der Waals surface area contributed by atoms with Crippen molar-refractivity contribution in [2.45, 2.75) is 31.2 Å². The average molecular weight is 452 g/mol. The van der Waals surface area contributed by atoms with Gasteiger partial charge in [-0.3, -0.25) is 10.1 Å². The minimum Gasteiger partial charge on any atom is -0.333 e. The summed E-state index contributed by atoms with van der Waals surface area (Å²) in [5.41, 5.74) is -0.446. The minimum atomic E-state index is -3.77. The molecule has 1 heterocycles. The van der Waals surface area contributed by atoms with E-state index in [0.29, 0.717) is 13.1 Å². The number of hydrogen-bond acceptors (Lipinski definition) is 4. The number of nitrogens with one attached hydrogen (secondary N) is 3. The molecule has 8 nitrogen and oxygen atoms in total. The summed E-state index contributed by atoms with van der Waals surface area (Å²) in [6, 6.07) is 3.76. The Kier molecular flexibility index (Phi) is 7.33. The van der Waals surface area contributed by atoms with E-state index in [-0.39, 0.29) is 34.6 Å². The second-order valence-corrected chi connectivity index (χ2v) is 10.4. The van der Waals surface area contributed by atoms with Gasteiger partial charge in [-0.15, -0.1) is 0 Å². The number of piperazine rings is 1. The van der Waals surface area contributed by atoms with E-state index >= 15 is 0 Å². The summed E-state index contributed by atoms with van der Waals surface area (Å²) < 4.78 is 26.9. The maximum atomic E-state index is 12.8. The minimum absolute atomic E-state index is 0.0262. The highest BCUT2D eigenvalue weighted by atomic mass is 35.5. The molecule has 0 unspecified atom stereocenters. The maximum Gasteiger partial charge on any atom is 0.322 e. The van der Waals surface area contributed by atoms with Crippen LogP contribution < -0.4 is 15.5 Å². The number of nitrogens with zero attached hydrogens (tertiary/aromatic N) is 1. The number of sulfonamides is 1. The van der Waals surface area contributed by atoms with Gasteiger partial charge in [-0.25, -0.2) is 13.2 Å². The maximum absolute atomic E-state index is 12.8. The number of carbonyl (C=O) groups excluding carboxylic acids is 2. The van der Waals surface area contributed by atoms with Gasteiger partial charge in [0.05, 0.1) is 31.2 Å². The first-order valence-electron chi connectivity index (χ1n) is 8.79. The number of halogens is 2. The molecular weight excluding hydrogens is 427 g/mol. The molecule has 0 spiro atoms. The van der Waals surface area contributed by atoms with Crippen LogP contribution in [0.5, 0.6) is 0 Å². The molecule has 0 atom stereocenters.